The lowest BCUT2D eigenvalue weighted by atomic mass is 10.3. The zero-order valence-corrected chi connectivity index (χ0v) is 9.22. The van der Waals surface area contributed by atoms with Crippen LogP contribution in [0.25, 0.3) is 11.4 Å². The second kappa shape index (κ2) is 3.87. The van der Waals surface area contributed by atoms with Crippen LogP contribution < -0.4 is 5.56 Å². The van der Waals surface area contributed by atoms with E-state index < -0.39 is 0 Å². The quantitative estimate of drug-likeness (QED) is 0.811. The molecule has 0 fully saturated rings. The average molecular weight is 299 g/mol. The molecule has 0 aliphatic rings. The highest BCUT2D eigenvalue weighted by atomic mass is 127. The van der Waals surface area contributed by atoms with Crippen LogP contribution in [0.4, 0.5) is 0 Å². The predicted octanol–water partition coefficient (Wildman–Crippen LogP) is 1.44. The molecule has 4 nitrogen and oxygen atoms in total. The summed E-state index contributed by atoms with van der Waals surface area (Å²) in [6.07, 6.45) is 4.94. The number of aromatic nitrogens is 3. The van der Waals surface area contributed by atoms with Crippen LogP contribution in [0.15, 0.2) is 35.5 Å². The van der Waals surface area contributed by atoms with E-state index in [0.29, 0.717) is 9.39 Å². The Morgan fingerprint density at radius 3 is 2.64 bits per heavy atom. The molecule has 5 heteroatoms. The number of hydrogen-bond acceptors (Lipinski definition) is 3. The normalized spacial score (nSPS) is 10.1. The predicted molar refractivity (Wildman–Crippen MR) is 60.8 cm³/mol. The Morgan fingerprint density at radius 2 is 2.00 bits per heavy atom. The monoisotopic (exact) mass is 299 g/mol. The lowest BCUT2D eigenvalue weighted by Crippen LogP contribution is -2.08. The minimum atomic E-state index is -0.0923. The van der Waals surface area contributed by atoms with Crippen LogP contribution in [0.3, 0.4) is 0 Å². The molecule has 0 saturated heterocycles. The Morgan fingerprint density at radius 1 is 1.29 bits per heavy atom. The molecule has 14 heavy (non-hydrogen) atoms. The molecule has 0 aliphatic carbocycles. The first-order valence-electron chi connectivity index (χ1n) is 3.93. The lowest BCUT2D eigenvalue weighted by Gasteiger charge is -1.98. The van der Waals surface area contributed by atoms with Crippen molar-refractivity contribution < 1.29 is 0 Å². The summed E-state index contributed by atoms with van der Waals surface area (Å²) in [5, 5.41) is 0. The van der Waals surface area contributed by atoms with Gasteiger partial charge in [-0.15, -0.1) is 0 Å². The molecular formula is C9H6IN3O. The van der Waals surface area contributed by atoms with Gasteiger partial charge in [-0.3, -0.25) is 4.79 Å². The first-order valence-corrected chi connectivity index (χ1v) is 5.01. The molecule has 0 aliphatic heterocycles. The van der Waals surface area contributed by atoms with Crippen molar-refractivity contribution in [1.29, 1.82) is 0 Å². The van der Waals surface area contributed by atoms with Gasteiger partial charge in [-0.05, 0) is 34.7 Å². The SMILES string of the molecule is O=c1[nH]cc(-c2ncccn2)cc1I. The summed E-state index contributed by atoms with van der Waals surface area (Å²) < 4.78 is 0.632. The van der Waals surface area contributed by atoms with E-state index in [-0.39, 0.29) is 5.56 Å². The molecule has 70 valence electrons. The fourth-order valence-electron chi connectivity index (χ4n) is 1.03. The summed E-state index contributed by atoms with van der Waals surface area (Å²) in [5.74, 6) is 0.613. The fraction of sp³-hybridized carbons (Fsp3) is 0. The van der Waals surface area contributed by atoms with Gasteiger partial charge in [0, 0.05) is 24.2 Å². The highest BCUT2D eigenvalue weighted by Gasteiger charge is 2.02. The Balaban J connectivity index is 2.54. The number of H-pyrrole nitrogens is 1. The molecule has 0 unspecified atom stereocenters. The van der Waals surface area contributed by atoms with E-state index in [1.165, 1.54) is 0 Å². The van der Waals surface area contributed by atoms with E-state index in [1.807, 2.05) is 22.6 Å². The Labute approximate surface area is 93.6 Å². The number of aromatic amines is 1. The molecule has 0 saturated carbocycles. The van der Waals surface area contributed by atoms with Gasteiger partial charge in [0.2, 0.25) is 0 Å². The van der Waals surface area contributed by atoms with Crippen molar-refractivity contribution in [2.45, 2.75) is 0 Å². The number of hydrogen-bond donors (Lipinski definition) is 1. The van der Waals surface area contributed by atoms with E-state index in [1.54, 1.807) is 30.7 Å². The van der Waals surface area contributed by atoms with Gasteiger partial charge in [0.25, 0.3) is 5.56 Å². The van der Waals surface area contributed by atoms with E-state index in [4.69, 9.17) is 0 Å². The van der Waals surface area contributed by atoms with Gasteiger partial charge in [0.1, 0.15) is 0 Å². The average Bonchev–Trinajstić information content (AvgIpc) is 2.23. The van der Waals surface area contributed by atoms with Gasteiger partial charge in [0.15, 0.2) is 5.82 Å². The van der Waals surface area contributed by atoms with Crippen molar-refractivity contribution in [2.75, 3.05) is 0 Å². The molecule has 0 radical (unpaired) electrons. The summed E-state index contributed by atoms with van der Waals surface area (Å²) in [4.78, 5) is 21.9. The number of nitrogens with zero attached hydrogens (tertiary/aromatic N) is 2. The zero-order chi connectivity index (χ0) is 9.97. The molecule has 0 bridgehead atoms. The van der Waals surface area contributed by atoms with Crippen LogP contribution in [-0.2, 0) is 0 Å². The number of nitrogens with one attached hydrogen (secondary N) is 1. The van der Waals surface area contributed by atoms with E-state index >= 15 is 0 Å². The summed E-state index contributed by atoms with van der Waals surface area (Å²) in [6, 6.07) is 3.51. The van der Waals surface area contributed by atoms with Crippen molar-refractivity contribution in [2.24, 2.45) is 0 Å². The topological polar surface area (TPSA) is 58.6 Å². The van der Waals surface area contributed by atoms with Gasteiger partial charge in [-0.2, -0.15) is 0 Å². The summed E-state index contributed by atoms with van der Waals surface area (Å²) in [7, 11) is 0. The molecule has 2 aromatic heterocycles. The molecule has 0 aromatic carbocycles. The van der Waals surface area contributed by atoms with Crippen molar-refractivity contribution in [3.05, 3.63) is 44.6 Å². The van der Waals surface area contributed by atoms with Crippen molar-refractivity contribution >= 4 is 22.6 Å². The van der Waals surface area contributed by atoms with Crippen molar-refractivity contribution in [1.82, 2.24) is 15.0 Å². The molecule has 0 atom stereocenters. The van der Waals surface area contributed by atoms with Gasteiger partial charge in [-0.25, -0.2) is 9.97 Å². The third kappa shape index (κ3) is 1.82. The highest BCUT2D eigenvalue weighted by molar-refractivity contribution is 14.1. The highest BCUT2D eigenvalue weighted by Crippen LogP contribution is 2.12. The molecule has 1 N–H and O–H groups in total. The minimum Gasteiger partial charge on any atom is -0.327 e. The summed E-state index contributed by atoms with van der Waals surface area (Å²) >= 11 is 1.98. The second-order valence-electron chi connectivity index (χ2n) is 2.64. The summed E-state index contributed by atoms with van der Waals surface area (Å²) in [6.45, 7) is 0. The second-order valence-corrected chi connectivity index (χ2v) is 3.80. The van der Waals surface area contributed by atoms with Crippen molar-refractivity contribution in [3.63, 3.8) is 0 Å². The first-order chi connectivity index (χ1) is 6.77. The minimum absolute atomic E-state index is 0.0923. The zero-order valence-electron chi connectivity index (χ0n) is 7.07. The Bertz CT molecular complexity index is 495. The number of rotatable bonds is 1. The van der Waals surface area contributed by atoms with Crippen LogP contribution in [0.2, 0.25) is 0 Å². The standard InChI is InChI=1S/C9H6IN3O/c10-7-4-6(5-13-9(7)14)8-11-2-1-3-12-8/h1-5H,(H,13,14). The number of pyridine rings is 1. The smallest absolute Gasteiger partial charge is 0.261 e. The molecule has 0 spiro atoms. The maximum atomic E-state index is 11.1. The van der Waals surface area contributed by atoms with E-state index in [0.717, 1.165) is 5.56 Å². The van der Waals surface area contributed by atoms with Crippen LogP contribution in [0.5, 0.6) is 0 Å². The van der Waals surface area contributed by atoms with Gasteiger partial charge in [0.05, 0.1) is 3.57 Å². The van der Waals surface area contributed by atoms with Crippen LogP contribution >= 0.6 is 22.6 Å². The molecule has 2 aromatic rings. The van der Waals surface area contributed by atoms with E-state index in [9.17, 15) is 4.79 Å². The molecule has 0 amide bonds. The fourth-order valence-corrected chi connectivity index (χ4v) is 1.52. The Kier molecular flexibility index (Phi) is 2.58. The van der Waals surface area contributed by atoms with Crippen molar-refractivity contribution in [3.8, 4) is 11.4 Å². The number of halogens is 1. The molecular weight excluding hydrogens is 293 g/mol. The van der Waals surface area contributed by atoms with Gasteiger partial charge < -0.3 is 4.98 Å². The van der Waals surface area contributed by atoms with Crippen LogP contribution in [0.1, 0.15) is 0 Å². The van der Waals surface area contributed by atoms with Gasteiger partial charge >= 0.3 is 0 Å². The maximum Gasteiger partial charge on any atom is 0.261 e. The summed E-state index contributed by atoms with van der Waals surface area (Å²) in [5.41, 5.74) is 0.722. The first kappa shape index (κ1) is 9.32. The Hall–Kier alpha value is -1.24. The van der Waals surface area contributed by atoms with Gasteiger partial charge in [-0.1, -0.05) is 0 Å². The van der Waals surface area contributed by atoms with E-state index in [2.05, 4.69) is 15.0 Å². The third-order valence-electron chi connectivity index (χ3n) is 1.68. The lowest BCUT2D eigenvalue weighted by molar-refractivity contribution is 1.14. The van der Waals surface area contributed by atoms with Crippen LogP contribution in [0, 0.1) is 3.57 Å². The maximum absolute atomic E-state index is 11.1. The largest absolute Gasteiger partial charge is 0.327 e. The molecule has 2 heterocycles. The third-order valence-corrected chi connectivity index (χ3v) is 2.48. The van der Waals surface area contributed by atoms with Crippen LogP contribution in [-0.4, -0.2) is 15.0 Å². The molecule has 2 rings (SSSR count).